The van der Waals surface area contributed by atoms with Gasteiger partial charge in [0.15, 0.2) is 11.5 Å². The number of hydrogen-bond donors (Lipinski definition) is 2. The van der Waals surface area contributed by atoms with Crippen LogP contribution in [0.3, 0.4) is 0 Å². The van der Waals surface area contributed by atoms with E-state index in [1.165, 1.54) is 14.2 Å². The van der Waals surface area contributed by atoms with Crippen LogP contribution >= 0.6 is 0 Å². The van der Waals surface area contributed by atoms with Crippen LogP contribution in [0.15, 0.2) is 18.2 Å². The molecule has 0 aliphatic heterocycles. The van der Waals surface area contributed by atoms with E-state index in [1.807, 2.05) is 0 Å². The minimum Gasteiger partial charge on any atom is -0.493 e. The molecule has 2 N–H and O–H groups in total. The Labute approximate surface area is 114 Å². The zero-order valence-electron chi connectivity index (χ0n) is 11.4. The fourth-order valence-corrected chi connectivity index (χ4v) is 2.68. The average molecular weight is 288 g/mol. The highest BCUT2D eigenvalue weighted by atomic mass is 32.2. The molecule has 0 aromatic heterocycles. The van der Waals surface area contributed by atoms with Gasteiger partial charge in [-0.2, -0.15) is 0 Å². The second-order valence-corrected chi connectivity index (χ2v) is 5.79. The van der Waals surface area contributed by atoms with Crippen LogP contribution in [0.1, 0.15) is 6.42 Å². The molecular formula is C12H20N2O4S. The third-order valence-corrected chi connectivity index (χ3v) is 3.87. The lowest BCUT2D eigenvalue weighted by Crippen LogP contribution is -2.20. The van der Waals surface area contributed by atoms with Crippen LogP contribution in [0, 0.1) is 0 Å². The molecule has 0 atom stereocenters. The van der Waals surface area contributed by atoms with Gasteiger partial charge < -0.3 is 14.8 Å². The summed E-state index contributed by atoms with van der Waals surface area (Å²) < 4.78 is 36.4. The zero-order valence-corrected chi connectivity index (χ0v) is 12.2. The van der Waals surface area contributed by atoms with Crippen LogP contribution in [0.4, 0.5) is 5.69 Å². The summed E-state index contributed by atoms with van der Waals surface area (Å²) in [6, 6.07) is 4.88. The molecule has 7 heteroatoms. The molecule has 0 amide bonds. The Hall–Kier alpha value is -1.47. The van der Waals surface area contributed by atoms with Gasteiger partial charge in [0.05, 0.1) is 25.7 Å². The molecule has 0 spiro atoms. The van der Waals surface area contributed by atoms with Gasteiger partial charge in [0.1, 0.15) is 0 Å². The normalized spacial score (nSPS) is 11.1. The lowest BCUT2D eigenvalue weighted by atomic mass is 10.3. The lowest BCUT2D eigenvalue weighted by Gasteiger charge is -2.11. The summed E-state index contributed by atoms with van der Waals surface area (Å²) in [4.78, 5) is 0. The molecule has 0 aliphatic rings. The summed E-state index contributed by atoms with van der Waals surface area (Å²) in [5, 5.41) is 2.91. The molecule has 0 radical (unpaired) electrons. The van der Waals surface area contributed by atoms with Crippen LogP contribution in [-0.2, 0) is 10.0 Å². The molecule has 0 unspecified atom stereocenters. The molecule has 0 saturated heterocycles. The van der Waals surface area contributed by atoms with Gasteiger partial charge in [0.2, 0.25) is 10.0 Å². The SMILES string of the molecule is CNCCCS(=O)(=O)Nc1ccc(OC)c(OC)c1. The van der Waals surface area contributed by atoms with E-state index < -0.39 is 10.0 Å². The highest BCUT2D eigenvalue weighted by Crippen LogP contribution is 2.30. The predicted octanol–water partition coefficient (Wildman–Crippen LogP) is 1.05. The number of nitrogens with one attached hydrogen (secondary N) is 2. The molecule has 1 aromatic carbocycles. The van der Waals surface area contributed by atoms with Crippen molar-refractivity contribution in [1.29, 1.82) is 0 Å². The Morgan fingerprint density at radius 2 is 1.84 bits per heavy atom. The van der Waals surface area contributed by atoms with Crippen LogP contribution in [-0.4, -0.2) is 42.0 Å². The number of methoxy groups -OCH3 is 2. The number of sulfonamides is 1. The van der Waals surface area contributed by atoms with Crippen molar-refractivity contribution in [2.45, 2.75) is 6.42 Å². The lowest BCUT2D eigenvalue weighted by molar-refractivity contribution is 0.355. The van der Waals surface area contributed by atoms with Crippen LogP contribution in [0.25, 0.3) is 0 Å². The topological polar surface area (TPSA) is 76.7 Å². The molecule has 108 valence electrons. The van der Waals surface area contributed by atoms with E-state index in [2.05, 4.69) is 10.0 Å². The summed E-state index contributed by atoms with van der Waals surface area (Å²) in [6.45, 7) is 0.660. The fraction of sp³-hybridized carbons (Fsp3) is 0.500. The zero-order chi connectivity index (χ0) is 14.3. The Morgan fingerprint density at radius 1 is 1.16 bits per heavy atom. The standard InChI is InChI=1S/C12H20N2O4S/c1-13-7-4-8-19(15,16)14-10-5-6-11(17-2)12(9-10)18-3/h5-6,9,13-14H,4,7-8H2,1-3H3. The van der Waals surface area contributed by atoms with Crippen LogP contribution < -0.4 is 19.5 Å². The first kappa shape index (κ1) is 15.6. The van der Waals surface area contributed by atoms with Crippen LogP contribution in [0.5, 0.6) is 11.5 Å². The van der Waals surface area contributed by atoms with Crippen molar-refractivity contribution in [3.05, 3.63) is 18.2 Å². The fourth-order valence-electron chi connectivity index (χ4n) is 1.57. The van der Waals surface area contributed by atoms with Crippen molar-refractivity contribution in [2.24, 2.45) is 0 Å². The Balaban J connectivity index is 2.76. The molecule has 0 aliphatic carbocycles. The Bertz CT molecular complexity index is 502. The summed E-state index contributed by atoms with van der Waals surface area (Å²) >= 11 is 0. The van der Waals surface area contributed by atoms with Crippen molar-refractivity contribution in [1.82, 2.24) is 5.32 Å². The monoisotopic (exact) mass is 288 g/mol. The van der Waals surface area contributed by atoms with E-state index in [-0.39, 0.29) is 5.75 Å². The van der Waals surface area contributed by atoms with E-state index in [0.29, 0.717) is 30.2 Å². The van der Waals surface area contributed by atoms with E-state index in [0.717, 1.165) is 0 Å². The highest BCUT2D eigenvalue weighted by Gasteiger charge is 2.12. The number of ether oxygens (including phenoxy) is 2. The molecule has 19 heavy (non-hydrogen) atoms. The third kappa shape index (κ3) is 4.96. The number of hydrogen-bond acceptors (Lipinski definition) is 5. The molecule has 0 saturated carbocycles. The first-order valence-corrected chi connectivity index (χ1v) is 7.54. The third-order valence-electron chi connectivity index (χ3n) is 2.50. The second-order valence-electron chi connectivity index (χ2n) is 3.95. The molecule has 0 heterocycles. The summed E-state index contributed by atoms with van der Waals surface area (Å²) in [7, 11) is 1.48. The van der Waals surface area contributed by atoms with E-state index >= 15 is 0 Å². The molecule has 1 aromatic rings. The molecular weight excluding hydrogens is 268 g/mol. The van der Waals surface area contributed by atoms with Crippen LogP contribution in [0.2, 0.25) is 0 Å². The second kappa shape index (κ2) is 7.20. The van der Waals surface area contributed by atoms with Gasteiger partial charge in [-0.05, 0) is 32.1 Å². The maximum Gasteiger partial charge on any atom is 0.232 e. The first-order chi connectivity index (χ1) is 9.02. The van der Waals surface area contributed by atoms with Gasteiger partial charge in [-0.1, -0.05) is 0 Å². The Kier molecular flexibility index (Phi) is 5.91. The van der Waals surface area contributed by atoms with E-state index in [4.69, 9.17) is 9.47 Å². The van der Waals surface area contributed by atoms with Gasteiger partial charge in [0, 0.05) is 6.07 Å². The van der Waals surface area contributed by atoms with Crippen molar-refractivity contribution in [2.75, 3.05) is 38.3 Å². The minimum atomic E-state index is -3.34. The number of anilines is 1. The number of rotatable bonds is 8. The van der Waals surface area contributed by atoms with Gasteiger partial charge in [-0.3, -0.25) is 4.72 Å². The molecule has 1 rings (SSSR count). The van der Waals surface area contributed by atoms with Gasteiger partial charge in [-0.25, -0.2) is 8.42 Å². The van der Waals surface area contributed by atoms with Gasteiger partial charge >= 0.3 is 0 Å². The van der Waals surface area contributed by atoms with Crippen molar-refractivity contribution >= 4 is 15.7 Å². The Morgan fingerprint density at radius 3 is 2.42 bits per heavy atom. The quantitative estimate of drug-likeness (QED) is 0.699. The van der Waals surface area contributed by atoms with E-state index in [9.17, 15) is 8.42 Å². The molecule has 0 fully saturated rings. The summed E-state index contributed by atoms with van der Waals surface area (Å²) in [5.74, 6) is 1.11. The number of benzene rings is 1. The summed E-state index contributed by atoms with van der Waals surface area (Å²) in [6.07, 6.45) is 0.555. The van der Waals surface area contributed by atoms with Crippen molar-refractivity contribution < 1.29 is 17.9 Å². The predicted molar refractivity (Wildman–Crippen MR) is 75.5 cm³/mol. The van der Waals surface area contributed by atoms with Crippen molar-refractivity contribution in [3.8, 4) is 11.5 Å². The minimum absolute atomic E-state index is 0.0716. The maximum atomic E-state index is 11.8. The molecule has 0 bridgehead atoms. The summed E-state index contributed by atoms with van der Waals surface area (Å²) in [5.41, 5.74) is 0.460. The maximum absolute atomic E-state index is 11.8. The smallest absolute Gasteiger partial charge is 0.232 e. The highest BCUT2D eigenvalue weighted by molar-refractivity contribution is 7.92. The van der Waals surface area contributed by atoms with Crippen molar-refractivity contribution in [3.63, 3.8) is 0 Å². The largest absolute Gasteiger partial charge is 0.493 e. The molecule has 6 nitrogen and oxygen atoms in total. The van der Waals surface area contributed by atoms with E-state index in [1.54, 1.807) is 25.2 Å². The van der Waals surface area contributed by atoms with Gasteiger partial charge in [-0.15, -0.1) is 0 Å². The first-order valence-electron chi connectivity index (χ1n) is 5.89. The average Bonchev–Trinajstić information content (AvgIpc) is 2.38. The van der Waals surface area contributed by atoms with Gasteiger partial charge in [0.25, 0.3) is 0 Å².